The lowest BCUT2D eigenvalue weighted by Gasteiger charge is -2.43. The molecule has 9 heteroatoms. The number of aliphatic hydroxyl groups excluding tert-OH is 2. The highest BCUT2D eigenvalue weighted by atomic mass is 19.4. The number of alkyl halides is 6. The van der Waals surface area contributed by atoms with Crippen LogP contribution >= 0.6 is 0 Å². The Kier molecular flexibility index (Phi) is 7.34. The van der Waals surface area contributed by atoms with E-state index in [4.69, 9.17) is 0 Å². The fourth-order valence-corrected chi connectivity index (χ4v) is 7.04. The summed E-state index contributed by atoms with van der Waals surface area (Å²) in [5, 5.41) is 29.7. The van der Waals surface area contributed by atoms with Crippen molar-refractivity contribution in [2.24, 2.45) is 16.7 Å². The minimum atomic E-state index is -5.78. The third kappa shape index (κ3) is 5.08. The van der Waals surface area contributed by atoms with Gasteiger partial charge in [0, 0.05) is 6.42 Å². The van der Waals surface area contributed by atoms with Crippen LogP contribution in [0.3, 0.4) is 0 Å². The minimum absolute atomic E-state index is 0.189. The third-order valence-electron chi connectivity index (χ3n) is 9.37. The molecule has 0 radical (unpaired) electrons. The van der Waals surface area contributed by atoms with Crippen molar-refractivity contribution in [2.45, 2.75) is 108 Å². The zero-order valence-electron chi connectivity index (χ0n) is 21.1. The number of halogens is 6. The fraction of sp³-hybridized carbons (Fsp3) is 0.714. The van der Waals surface area contributed by atoms with Crippen LogP contribution in [0.25, 0.3) is 0 Å². The molecule has 0 aliphatic heterocycles. The Morgan fingerprint density at radius 1 is 1.05 bits per heavy atom. The number of rotatable bonds is 6. The van der Waals surface area contributed by atoms with E-state index in [1.54, 1.807) is 0 Å². The Labute approximate surface area is 213 Å². The minimum Gasteiger partial charge on any atom is -0.393 e. The molecular formula is C28H36F6O3. The maximum absolute atomic E-state index is 13.1. The Morgan fingerprint density at radius 2 is 1.70 bits per heavy atom. The largest absolute Gasteiger partial charge is 0.426 e. The van der Waals surface area contributed by atoms with Crippen LogP contribution in [0.5, 0.6) is 0 Å². The Bertz CT molecular complexity index is 986. The molecule has 0 unspecified atom stereocenters. The van der Waals surface area contributed by atoms with E-state index < -0.39 is 42.0 Å². The highest BCUT2D eigenvalue weighted by molar-refractivity contribution is 5.42. The van der Waals surface area contributed by atoms with E-state index >= 15 is 0 Å². The van der Waals surface area contributed by atoms with E-state index in [2.05, 4.69) is 25.7 Å². The molecule has 3 fully saturated rings. The third-order valence-corrected chi connectivity index (χ3v) is 9.37. The summed E-state index contributed by atoms with van der Waals surface area (Å²) >= 11 is 0. The Balaban J connectivity index is 1.48. The number of aliphatic hydroxyl groups is 3. The summed E-state index contributed by atoms with van der Waals surface area (Å²) in [5.74, 6) is 0.194. The van der Waals surface area contributed by atoms with Crippen LogP contribution in [-0.4, -0.2) is 45.5 Å². The molecule has 4 atom stereocenters. The number of hydrogen-bond donors (Lipinski definition) is 3. The second-order valence-corrected chi connectivity index (χ2v) is 11.7. The van der Waals surface area contributed by atoms with Gasteiger partial charge < -0.3 is 15.3 Å². The second-order valence-electron chi connectivity index (χ2n) is 11.7. The Morgan fingerprint density at radius 3 is 2.30 bits per heavy atom. The van der Waals surface area contributed by atoms with Crippen molar-refractivity contribution >= 4 is 0 Å². The summed E-state index contributed by atoms with van der Waals surface area (Å²) in [6, 6.07) is 0. The molecule has 0 spiro atoms. The molecule has 3 saturated carbocycles. The van der Waals surface area contributed by atoms with Gasteiger partial charge in [-0.05, 0) is 92.1 Å². The molecule has 0 bridgehead atoms. The summed E-state index contributed by atoms with van der Waals surface area (Å²) < 4.78 is 78.7. The van der Waals surface area contributed by atoms with Gasteiger partial charge in [0.1, 0.15) is 0 Å². The van der Waals surface area contributed by atoms with Crippen LogP contribution in [0.4, 0.5) is 26.3 Å². The predicted octanol–water partition coefficient (Wildman–Crippen LogP) is 6.85. The number of fused-ring (bicyclic) bond motifs is 1. The molecule has 37 heavy (non-hydrogen) atoms. The number of hydrogen-bond acceptors (Lipinski definition) is 3. The summed E-state index contributed by atoms with van der Waals surface area (Å²) in [5.41, 5.74) is -1.49. The van der Waals surface area contributed by atoms with E-state index in [1.165, 1.54) is 5.57 Å². The first kappa shape index (κ1) is 28.4. The van der Waals surface area contributed by atoms with Crippen molar-refractivity contribution < 1.29 is 41.7 Å². The van der Waals surface area contributed by atoms with Gasteiger partial charge in [0.15, 0.2) is 0 Å². The molecule has 208 valence electrons. The Hall–Kier alpha value is -1.58. The predicted molar refractivity (Wildman–Crippen MR) is 127 cm³/mol. The maximum atomic E-state index is 13.1. The van der Waals surface area contributed by atoms with Gasteiger partial charge in [-0.3, -0.25) is 0 Å². The van der Waals surface area contributed by atoms with Gasteiger partial charge in [-0.1, -0.05) is 42.9 Å². The standard InChI is InChI=1S/C28H36F6O3/c1-17-19(15-20(35)16-22(17)36)7-6-18-5-3-10-24(2)21(18)8-9-23(24)25(13-14-25)11-4-12-26(37,27(29,30)31)28(32,33)34/h6-7,9,20-22,35-37H,1,3-5,8,10-16H2,2H3/b18-6+,19-7-/t20-,21+,22+,24+/m1/s1. The van der Waals surface area contributed by atoms with Gasteiger partial charge in [0.25, 0.3) is 5.60 Å². The van der Waals surface area contributed by atoms with Crippen LogP contribution in [0, 0.1) is 16.7 Å². The summed E-state index contributed by atoms with van der Waals surface area (Å²) in [7, 11) is 0. The van der Waals surface area contributed by atoms with Gasteiger partial charge in [-0.2, -0.15) is 26.3 Å². The molecular weight excluding hydrogens is 498 g/mol. The van der Waals surface area contributed by atoms with E-state index in [-0.39, 0.29) is 30.6 Å². The summed E-state index contributed by atoms with van der Waals surface area (Å²) in [4.78, 5) is 0. The molecule has 4 aliphatic carbocycles. The molecule has 0 heterocycles. The zero-order valence-corrected chi connectivity index (χ0v) is 21.1. The van der Waals surface area contributed by atoms with E-state index in [1.807, 2.05) is 6.08 Å². The SMILES string of the molecule is C=C1/C(=C\C=C2/CCC[C@]3(C)C(C4(CCCC(O)(C(F)(F)F)C(F)(F)F)CC4)=CC[C@@H]23)C[C@@H](O)C[C@@H]1O. The normalized spacial score (nSPS) is 34.6. The topological polar surface area (TPSA) is 60.7 Å². The number of allylic oxidation sites excluding steroid dienone is 5. The van der Waals surface area contributed by atoms with E-state index in [0.29, 0.717) is 12.0 Å². The molecule has 3 N–H and O–H groups in total. The summed E-state index contributed by atoms with van der Waals surface area (Å²) in [6.07, 6.45) is -2.75. The quantitative estimate of drug-likeness (QED) is 0.258. The van der Waals surface area contributed by atoms with Crippen molar-refractivity contribution in [3.05, 3.63) is 47.1 Å². The lowest BCUT2D eigenvalue weighted by Crippen LogP contribution is -2.56. The molecule has 0 aromatic rings. The molecule has 0 amide bonds. The lowest BCUT2D eigenvalue weighted by atomic mass is 9.61. The summed E-state index contributed by atoms with van der Waals surface area (Å²) in [6.45, 7) is 6.11. The first-order chi connectivity index (χ1) is 17.0. The van der Waals surface area contributed by atoms with Crippen molar-refractivity contribution in [1.82, 2.24) is 0 Å². The van der Waals surface area contributed by atoms with Gasteiger partial charge in [-0.25, -0.2) is 0 Å². The van der Waals surface area contributed by atoms with E-state index in [9.17, 15) is 41.7 Å². The maximum Gasteiger partial charge on any atom is 0.426 e. The first-order valence-corrected chi connectivity index (χ1v) is 13.1. The average Bonchev–Trinajstić information content (AvgIpc) is 3.46. The lowest BCUT2D eigenvalue weighted by molar-refractivity contribution is -0.370. The average molecular weight is 535 g/mol. The molecule has 0 aromatic carbocycles. The van der Waals surface area contributed by atoms with Crippen LogP contribution in [0.2, 0.25) is 0 Å². The van der Waals surface area contributed by atoms with Gasteiger partial charge in [0.2, 0.25) is 0 Å². The molecule has 0 saturated heterocycles. The van der Waals surface area contributed by atoms with Crippen molar-refractivity contribution in [3.63, 3.8) is 0 Å². The molecule has 4 aliphatic rings. The van der Waals surface area contributed by atoms with Crippen LogP contribution < -0.4 is 0 Å². The smallest absolute Gasteiger partial charge is 0.393 e. The molecule has 3 nitrogen and oxygen atoms in total. The van der Waals surface area contributed by atoms with E-state index in [0.717, 1.165) is 49.7 Å². The zero-order chi connectivity index (χ0) is 27.4. The highest BCUT2D eigenvalue weighted by Crippen LogP contribution is 2.68. The van der Waals surface area contributed by atoms with Crippen molar-refractivity contribution in [3.8, 4) is 0 Å². The van der Waals surface area contributed by atoms with Gasteiger partial charge in [-0.15, -0.1) is 0 Å². The second kappa shape index (κ2) is 9.56. The monoisotopic (exact) mass is 534 g/mol. The van der Waals surface area contributed by atoms with Crippen LogP contribution in [0.1, 0.15) is 77.6 Å². The van der Waals surface area contributed by atoms with Crippen LogP contribution in [-0.2, 0) is 0 Å². The van der Waals surface area contributed by atoms with Gasteiger partial charge >= 0.3 is 12.4 Å². The highest BCUT2D eigenvalue weighted by Gasteiger charge is 2.70. The van der Waals surface area contributed by atoms with Crippen molar-refractivity contribution in [2.75, 3.05) is 0 Å². The fourth-order valence-electron chi connectivity index (χ4n) is 7.04. The van der Waals surface area contributed by atoms with Crippen molar-refractivity contribution in [1.29, 1.82) is 0 Å². The first-order valence-electron chi connectivity index (χ1n) is 13.1. The molecule has 4 rings (SSSR count). The van der Waals surface area contributed by atoms with Crippen LogP contribution in [0.15, 0.2) is 47.1 Å². The van der Waals surface area contributed by atoms with Gasteiger partial charge in [0.05, 0.1) is 12.2 Å². The molecule has 0 aromatic heterocycles.